The van der Waals surface area contributed by atoms with Crippen LogP contribution in [0.4, 0.5) is 0 Å². The molecule has 4 amide bonds. The second-order valence-corrected chi connectivity index (χ2v) is 7.99. The number of aliphatic carboxylic acids is 1. The molecule has 11 heteroatoms. The van der Waals surface area contributed by atoms with Crippen LogP contribution in [0.3, 0.4) is 0 Å². The third-order valence-electron chi connectivity index (χ3n) is 4.06. The van der Waals surface area contributed by atoms with Gasteiger partial charge in [0.1, 0.15) is 18.1 Å². The fourth-order valence-electron chi connectivity index (χ4n) is 2.59. The van der Waals surface area contributed by atoms with Crippen molar-refractivity contribution in [3.63, 3.8) is 0 Å². The van der Waals surface area contributed by atoms with E-state index in [-0.39, 0.29) is 24.8 Å². The molecule has 0 bridgehead atoms. The maximum Gasteiger partial charge on any atom is 0.326 e. The molecule has 172 valence electrons. The molecule has 0 rings (SSSR count). The van der Waals surface area contributed by atoms with Crippen LogP contribution in [0.5, 0.6) is 0 Å². The number of hydrogen-bond donors (Lipinski definition) is 6. The molecular weight excluding hydrogens is 394 g/mol. The number of carbonyl (C=O) groups is 5. The quantitative estimate of drug-likeness (QED) is 0.211. The van der Waals surface area contributed by atoms with Crippen LogP contribution in [-0.4, -0.2) is 65.9 Å². The summed E-state index contributed by atoms with van der Waals surface area (Å²) >= 11 is 0. The van der Waals surface area contributed by atoms with E-state index < -0.39 is 54.3 Å². The Kier molecular flexibility index (Phi) is 12.3. The number of carboxylic acid groups (broad SMARTS) is 1. The van der Waals surface area contributed by atoms with Crippen LogP contribution in [-0.2, 0) is 24.0 Å². The monoisotopic (exact) mass is 429 g/mol. The molecule has 0 aromatic heterocycles. The van der Waals surface area contributed by atoms with Crippen LogP contribution in [0.25, 0.3) is 0 Å². The molecule has 0 heterocycles. The van der Waals surface area contributed by atoms with Gasteiger partial charge in [-0.15, -0.1) is 0 Å². The molecule has 0 unspecified atom stereocenters. The van der Waals surface area contributed by atoms with Gasteiger partial charge in [0.2, 0.25) is 23.6 Å². The van der Waals surface area contributed by atoms with Crippen LogP contribution in [0.1, 0.15) is 47.5 Å². The molecule has 3 atom stereocenters. The van der Waals surface area contributed by atoms with Crippen molar-refractivity contribution in [1.82, 2.24) is 21.3 Å². The zero-order valence-corrected chi connectivity index (χ0v) is 18.3. The molecule has 0 aliphatic heterocycles. The highest BCUT2D eigenvalue weighted by Gasteiger charge is 2.26. The molecule has 11 nitrogen and oxygen atoms in total. The van der Waals surface area contributed by atoms with Crippen molar-refractivity contribution >= 4 is 29.6 Å². The van der Waals surface area contributed by atoms with Gasteiger partial charge in [-0.25, -0.2) is 4.79 Å². The summed E-state index contributed by atoms with van der Waals surface area (Å²) in [5, 5.41) is 18.9. The minimum absolute atomic E-state index is 0.0613. The van der Waals surface area contributed by atoms with E-state index >= 15 is 0 Å². The van der Waals surface area contributed by atoms with Gasteiger partial charge >= 0.3 is 5.97 Å². The predicted molar refractivity (Wildman–Crippen MR) is 110 cm³/mol. The Morgan fingerprint density at radius 1 is 0.767 bits per heavy atom. The average molecular weight is 430 g/mol. The normalized spacial score (nSPS) is 13.9. The van der Waals surface area contributed by atoms with Crippen LogP contribution >= 0.6 is 0 Å². The number of carboxylic acids is 1. The van der Waals surface area contributed by atoms with Crippen LogP contribution < -0.4 is 27.0 Å². The lowest BCUT2D eigenvalue weighted by molar-refractivity contribution is -0.142. The minimum atomic E-state index is -1.15. The highest BCUT2D eigenvalue weighted by molar-refractivity contribution is 5.93. The van der Waals surface area contributed by atoms with Crippen molar-refractivity contribution in [1.29, 1.82) is 0 Å². The summed E-state index contributed by atoms with van der Waals surface area (Å²) in [6.07, 6.45) is 0.565. The first kappa shape index (κ1) is 27.3. The molecule has 0 saturated heterocycles. The highest BCUT2D eigenvalue weighted by Crippen LogP contribution is 2.06. The lowest BCUT2D eigenvalue weighted by Crippen LogP contribution is -2.55. The highest BCUT2D eigenvalue weighted by atomic mass is 16.4. The van der Waals surface area contributed by atoms with Gasteiger partial charge in [0.15, 0.2) is 0 Å². The molecule has 0 aromatic carbocycles. The van der Waals surface area contributed by atoms with Crippen LogP contribution in [0.15, 0.2) is 0 Å². The maximum atomic E-state index is 12.5. The third-order valence-corrected chi connectivity index (χ3v) is 4.06. The van der Waals surface area contributed by atoms with Gasteiger partial charge in [-0.05, 0) is 31.6 Å². The fraction of sp³-hybridized carbons (Fsp3) is 0.737. The van der Waals surface area contributed by atoms with E-state index in [9.17, 15) is 29.1 Å². The average Bonchev–Trinajstić information content (AvgIpc) is 2.63. The standard InChI is InChI=1S/C19H35N5O6/c1-10(2)6-13(24-17(27)12(5)22-15(25)8-20)18(28)21-9-16(26)23-14(19(29)30)7-11(3)4/h10-14H,6-9,20H2,1-5H3,(H,21,28)(H,22,25)(H,23,26)(H,24,27)(H,29,30)/t12-,13-,14-/m0/s1. The lowest BCUT2D eigenvalue weighted by atomic mass is 10.0. The number of hydrogen-bond acceptors (Lipinski definition) is 6. The van der Waals surface area contributed by atoms with Crippen molar-refractivity contribution in [3.8, 4) is 0 Å². The Balaban J connectivity index is 4.87. The van der Waals surface area contributed by atoms with Crippen molar-refractivity contribution in [2.24, 2.45) is 17.6 Å². The number of nitrogens with two attached hydrogens (primary N) is 1. The SMILES string of the molecule is CC(C)C[C@H](NC(=O)CNC(=O)[C@H](CC(C)C)NC(=O)[C@H](C)NC(=O)CN)C(=O)O. The molecule has 0 aromatic rings. The Hall–Kier alpha value is -2.69. The third kappa shape index (κ3) is 11.3. The minimum Gasteiger partial charge on any atom is -0.480 e. The Labute approximate surface area is 176 Å². The van der Waals surface area contributed by atoms with E-state index in [0.717, 1.165) is 0 Å². The first-order valence-electron chi connectivity index (χ1n) is 9.96. The summed E-state index contributed by atoms with van der Waals surface area (Å²) in [5.41, 5.74) is 5.20. The molecule has 7 N–H and O–H groups in total. The zero-order valence-electron chi connectivity index (χ0n) is 18.3. The van der Waals surface area contributed by atoms with E-state index in [1.54, 1.807) is 0 Å². The number of amides is 4. The van der Waals surface area contributed by atoms with E-state index in [4.69, 9.17) is 5.73 Å². The fourth-order valence-corrected chi connectivity index (χ4v) is 2.59. The largest absolute Gasteiger partial charge is 0.480 e. The van der Waals surface area contributed by atoms with Gasteiger partial charge in [0.25, 0.3) is 0 Å². The predicted octanol–water partition coefficient (Wildman–Crippen LogP) is -1.29. The molecule has 0 aliphatic rings. The lowest BCUT2D eigenvalue weighted by Gasteiger charge is -2.23. The van der Waals surface area contributed by atoms with Crippen molar-refractivity contribution in [2.45, 2.75) is 65.6 Å². The Morgan fingerprint density at radius 3 is 1.77 bits per heavy atom. The summed E-state index contributed by atoms with van der Waals surface area (Å²) in [6.45, 7) is 8.16. The molecule has 0 aliphatic carbocycles. The van der Waals surface area contributed by atoms with Gasteiger partial charge < -0.3 is 32.1 Å². The molecule has 0 spiro atoms. The van der Waals surface area contributed by atoms with Gasteiger partial charge in [-0.2, -0.15) is 0 Å². The second kappa shape index (κ2) is 13.5. The summed E-state index contributed by atoms with van der Waals surface area (Å²) in [5.74, 6) is -3.32. The number of carbonyl (C=O) groups excluding carboxylic acids is 4. The first-order valence-corrected chi connectivity index (χ1v) is 9.96. The van der Waals surface area contributed by atoms with Gasteiger partial charge in [-0.1, -0.05) is 27.7 Å². The number of nitrogens with one attached hydrogen (secondary N) is 4. The molecule has 30 heavy (non-hydrogen) atoms. The van der Waals surface area contributed by atoms with Crippen molar-refractivity contribution in [3.05, 3.63) is 0 Å². The molecule has 0 radical (unpaired) electrons. The van der Waals surface area contributed by atoms with Gasteiger partial charge in [0, 0.05) is 0 Å². The molecular formula is C19H35N5O6. The summed E-state index contributed by atoms with van der Waals surface area (Å²) in [7, 11) is 0. The topological polar surface area (TPSA) is 180 Å². The van der Waals surface area contributed by atoms with E-state index in [0.29, 0.717) is 6.42 Å². The van der Waals surface area contributed by atoms with E-state index in [1.807, 2.05) is 27.7 Å². The summed E-state index contributed by atoms with van der Waals surface area (Å²) in [4.78, 5) is 59.3. The maximum absolute atomic E-state index is 12.5. The second-order valence-electron chi connectivity index (χ2n) is 7.99. The van der Waals surface area contributed by atoms with Crippen LogP contribution in [0, 0.1) is 11.8 Å². The van der Waals surface area contributed by atoms with Crippen molar-refractivity contribution < 1.29 is 29.1 Å². The zero-order chi connectivity index (χ0) is 23.4. The first-order chi connectivity index (χ1) is 13.9. The number of rotatable bonds is 13. The van der Waals surface area contributed by atoms with Crippen LogP contribution in [0.2, 0.25) is 0 Å². The van der Waals surface area contributed by atoms with Crippen molar-refractivity contribution in [2.75, 3.05) is 13.1 Å². The summed E-state index contributed by atoms with van der Waals surface area (Å²) < 4.78 is 0. The van der Waals surface area contributed by atoms with Gasteiger partial charge in [0.05, 0.1) is 13.1 Å². The van der Waals surface area contributed by atoms with E-state index in [2.05, 4.69) is 21.3 Å². The summed E-state index contributed by atoms with van der Waals surface area (Å²) in [6, 6.07) is -2.86. The van der Waals surface area contributed by atoms with E-state index in [1.165, 1.54) is 6.92 Å². The smallest absolute Gasteiger partial charge is 0.326 e. The Morgan fingerprint density at radius 2 is 1.30 bits per heavy atom. The molecule has 0 fully saturated rings. The Bertz CT molecular complexity index is 623. The molecule has 0 saturated carbocycles. The van der Waals surface area contributed by atoms with Gasteiger partial charge in [-0.3, -0.25) is 19.2 Å².